The summed E-state index contributed by atoms with van der Waals surface area (Å²) in [6.45, 7) is 3.24. The van der Waals surface area contributed by atoms with Crippen molar-refractivity contribution in [3.05, 3.63) is 0 Å². The van der Waals surface area contributed by atoms with E-state index in [1.807, 2.05) is 0 Å². The minimum Gasteiger partial charge on any atom is -0.353 e. The number of nitrogens with one attached hydrogen (secondary N) is 2. The molecule has 0 aromatic rings. The van der Waals surface area contributed by atoms with Crippen LogP contribution < -0.4 is 10.6 Å². The van der Waals surface area contributed by atoms with Crippen molar-refractivity contribution in [1.82, 2.24) is 10.6 Å². The first-order valence-electron chi connectivity index (χ1n) is 7.79. The van der Waals surface area contributed by atoms with Gasteiger partial charge in [0.15, 0.2) is 0 Å². The molecular formula is C15H28N2O. The van der Waals surface area contributed by atoms with Crippen molar-refractivity contribution in [3.63, 3.8) is 0 Å². The molecule has 0 radical (unpaired) electrons. The van der Waals surface area contributed by atoms with Crippen molar-refractivity contribution in [2.45, 2.75) is 76.8 Å². The molecule has 1 aliphatic carbocycles. The van der Waals surface area contributed by atoms with E-state index < -0.39 is 0 Å². The van der Waals surface area contributed by atoms with Crippen molar-refractivity contribution in [2.24, 2.45) is 5.92 Å². The van der Waals surface area contributed by atoms with Crippen LogP contribution in [0.1, 0.15) is 64.7 Å². The fraction of sp³-hybridized carbons (Fsp3) is 0.933. The van der Waals surface area contributed by atoms with Gasteiger partial charge < -0.3 is 10.6 Å². The van der Waals surface area contributed by atoms with Gasteiger partial charge in [0, 0.05) is 18.0 Å². The normalized spacial score (nSPS) is 31.4. The van der Waals surface area contributed by atoms with Gasteiger partial charge >= 0.3 is 0 Å². The Morgan fingerprint density at radius 3 is 2.39 bits per heavy atom. The highest BCUT2D eigenvalue weighted by atomic mass is 16.1. The smallest absolute Gasteiger partial charge is 0.223 e. The van der Waals surface area contributed by atoms with E-state index in [1.54, 1.807) is 0 Å². The van der Waals surface area contributed by atoms with Crippen molar-refractivity contribution in [3.8, 4) is 0 Å². The molecule has 2 fully saturated rings. The van der Waals surface area contributed by atoms with Crippen LogP contribution in [0.25, 0.3) is 0 Å². The largest absolute Gasteiger partial charge is 0.353 e. The molecule has 1 saturated heterocycles. The Morgan fingerprint density at radius 2 is 1.72 bits per heavy atom. The summed E-state index contributed by atoms with van der Waals surface area (Å²) in [5, 5.41) is 6.72. The molecule has 3 heteroatoms. The maximum absolute atomic E-state index is 12.3. The summed E-state index contributed by atoms with van der Waals surface area (Å²) in [5.41, 5.74) is 0. The number of hydrogen-bond donors (Lipinski definition) is 2. The monoisotopic (exact) mass is 252 g/mol. The minimum absolute atomic E-state index is 0.287. The predicted molar refractivity (Wildman–Crippen MR) is 74.4 cm³/mol. The molecule has 0 aromatic heterocycles. The molecule has 104 valence electrons. The molecule has 2 atom stereocenters. The predicted octanol–water partition coefficient (Wildman–Crippen LogP) is 2.60. The van der Waals surface area contributed by atoms with Crippen molar-refractivity contribution in [1.29, 1.82) is 0 Å². The van der Waals surface area contributed by atoms with Crippen LogP contribution in [0.5, 0.6) is 0 Å². The van der Waals surface area contributed by atoms with E-state index in [4.69, 9.17) is 0 Å². The lowest BCUT2D eigenvalue weighted by Gasteiger charge is -2.30. The molecule has 1 aliphatic heterocycles. The molecular weight excluding hydrogens is 224 g/mol. The third-order valence-corrected chi connectivity index (χ3v) is 4.45. The average Bonchev–Trinajstić information content (AvgIpc) is 2.28. The number of hydrogen-bond acceptors (Lipinski definition) is 2. The van der Waals surface area contributed by atoms with Gasteiger partial charge in [0.1, 0.15) is 0 Å². The molecule has 2 rings (SSSR count). The highest BCUT2D eigenvalue weighted by Gasteiger charge is 2.24. The SMILES string of the molecule is CC1CC(NC(=O)C2CCCCCCC2)CCN1. The summed E-state index contributed by atoms with van der Waals surface area (Å²) in [7, 11) is 0. The second kappa shape index (κ2) is 7.13. The molecule has 1 heterocycles. The third-order valence-electron chi connectivity index (χ3n) is 4.45. The second-order valence-corrected chi connectivity index (χ2v) is 6.13. The number of amides is 1. The van der Waals surface area contributed by atoms with E-state index in [0.717, 1.165) is 32.2 Å². The summed E-state index contributed by atoms with van der Waals surface area (Å²) >= 11 is 0. The van der Waals surface area contributed by atoms with Crippen LogP contribution in [0.3, 0.4) is 0 Å². The zero-order valence-electron chi connectivity index (χ0n) is 11.7. The molecule has 0 aromatic carbocycles. The molecule has 18 heavy (non-hydrogen) atoms. The van der Waals surface area contributed by atoms with Crippen molar-refractivity contribution in [2.75, 3.05) is 6.54 Å². The van der Waals surface area contributed by atoms with Gasteiger partial charge in [-0.25, -0.2) is 0 Å². The van der Waals surface area contributed by atoms with Crippen molar-refractivity contribution < 1.29 is 4.79 Å². The highest BCUT2D eigenvalue weighted by molar-refractivity contribution is 5.78. The Bertz CT molecular complexity index is 259. The molecule has 0 bridgehead atoms. The number of carbonyl (C=O) groups excluding carboxylic acids is 1. The summed E-state index contributed by atoms with van der Waals surface area (Å²) in [6, 6.07) is 0.945. The summed E-state index contributed by atoms with van der Waals surface area (Å²) in [4.78, 5) is 12.3. The van der Waals surface area contributed by atoms with Crippen LogP contribution >= 0.6 is 0 Å². The van der Waals surface area contributed by atoms with Gasteiger partial charge in [-0.2, -0.15) is 0 Å². The minimum atomic E-state index is 0.287. The van der Waals surface area contributed by atoms with Gasteiger partial charge in [-0.3, -0.25) is 4.79 Å². The third kappa shape index (κ3) is 4.27. The fourth-order valence-electron chi connectivity index (χ4n) is 3.30. The number of carbonyl (C=O) groups is 1. The summed E-state index contributed by atoms with van der Waals surface area (Å²) in [5.74, 6) is 0.617. The van der Waals surface area contributed by atoms with Gasteiger partial charge in [-0.1, -0.05) is 32.1 Å². The fourth-order valence-corrected chi connectivity index (χ4v) is 3.30. The van der Waals surface area contributed by atoms with Crippen molar-refractivity contribution >= 4 is 5.91 Å². The first-order valence-corrected chi connectivity index (χ1v) is 7.79. The standard InChI is InChI=1S/C15H28N2O/c1-12-11-14(9-10-16-12)17-15(18)13-7-5-3-2-4-6-8-13/h12-14,16H,2-11H2,1H3,(H,17,18). The highest BCUT2D eigenvalue weighted by Crippen LogP contribution is 2.23. The molecule has 1 amide bonds. The maximum atomic E-state index is 12.3. The Labute approximate surface area is 111 Å². The van der Waals surface area contributed by atoms with Crippen LogP contribution in [0, 0.1) is 5.92 Å². The zero-order chi connectivity index (χ0) is 12.8. The lowest BCUT2D eigenvalue weighted by atomic mass is 9.90. The number of rotatable bonds is 2. The van der Waals surface area contributed by atoms with Gasteiger partial charge in [0.05, 0.1) is 0 Å². The Hall–Kier alpha value is -0.570. The molecule has 2 N–H and O–H groups in total. The van der Waals surface area contributed by atoms with Crippen LogP contribution in [-0.2, 0) is 4.79 Å². The number of piperidine rings is 1. The van der Waals surface area contributed by atoms with E-state index in [1.165, 1.54) is 32.1 Å². The lowest BCUT2D eigenvalue weighted by molar-refractivity contribution is -0.126. The van der Waals surface area contributed by atoms with Gasteiger partial charge in [-0.15, -0.1) is 0 Å². The summed E-state index contributed by atoms with van der Waals surface area (Å²) < 4.78 is 0. The lowest BCUT2D eigenvalue weighted by Crippen LogP contribution is -2.48. The molecule has 3 nitrogen and oxygen atoms in total. The van der Waals surface area contributed by atoms with E-state index in [0.29, 0.717) is 18.0 Å². The van der Waals surface area contributed by atoms with E-state index in [9.17, 15) is 4.79 Å². The van der Waals surface area contributed by atoms with E-state index >= 15 is 0 Å². The topological polar surface area (TPSA) is 41.1 Å². The van der Waals surface area contributed by atoms with Gasteiger partial charge in [0.25, 0.3) is 0 Å². The molecule has 1 saturated carbocycles. The molecule has 2 unspecified atom stereocenters. The first-order chi connectivity index (χ1) is 8.75. The van der Waals surface area contributed by atoms with Crippen LogP contribution in [0.4, 0.5) is 0 Å². The zero-order valence-corrected chi connectivity index (χ0v) is 11.7. The van der Waals surface area contributed by atoms with Crippen LogP contribution in [0.15, 0.2) is 0 Å². The Kier molecular flexibility index (Phi) is 5.48. The summed E-state index contributed by atoms with van der Waals surface area (Å²) in [6.07, 6.45) is 10.8. The Morgan fingerprint density at radius 1 is 1.06 bits per heavy atom. The Balaban J connectivity index is 1.78. The van der Waals surface area contributed by atoms with E-state index in [2.05, 4.69) is 17.6 Å². The quantitative estimate of drug-likeness (QED) is 0.793. The maximum Gasteiger partial charge on any atom is 0.223 e. The molecule has 0 spiro atoms. The van der Waals surface area contributed by atoms with E-state index in [-0.39, 0.29) is 5.92 Å². The average molecular weight is 252 g/mol. The van der Waals surface area contributed by atoms with Gasteiger partial charge in [0.2, 0.25) is 5.91 Å². The van der Waals surface area contributed by atoms with Crippen LogP contribution in [-0.4, -0.2) is 24.5 Å². The first kappa shape index (κ1) is 13.9. The van der Waals surface area contributed by atoms with Gasteiger partial charge in [-0.05, 0) is 39.2 Å². The van der Waals surface area contributed by atoms with Crippen LogP contribution in [0.2, 0.25) is 0 Å². The second-order valence-electron chi connectivity index (χ2n) is 6.13. The molecule has 2 aliphatic rings.